The van der Waals surface area contributed by atoms with E-state index in [1.165, 1.54) is 17.1 Å². The topological polar surface area (TPSA) is 49.4 Å². The third-order valence-corrected chi connectivity index (χ3v) is 5.90. The van der Waals surface area contributed by atoms with Gasteiger partial charge in [0.15, 0.2) is 0 Å². The lowest BCUT2D eigenvalue weighted by atomic mass is 10.1. The molecule has 5 heteroatoms. The first kappa shape index (κ1) is 13.9. The first-order valence-corrected chi connectivity index (χ1v) is 8.99. The summed E-state index contributed by atoms with van der Waals surface area (Å²) in [6, 6.07) is 7.88. The highest BCUT2D eigenvalue weighted by molar-refractivity contribution is 7.90. The summed E-state index contributed by atoms with van der Waals surface area (Å²) >= 11 is 0. The van der Waals surface area contributed by atoms with Gasteiger partial charge in [-0.1, -0.05) is 43.9 Å². The zero-order chi connectivity index (χ0) is 14.0. The van der Waals surface area contributed by atoms with Gasteiger partial charge in [-0.25, -0.2) is 0 Å². The van der Waals surface area contributed by atoms with Crippen LogP contribution in [0.1, 0.15) is 44.1 Å². The molecule has 1 saturated carbocycles. The van der Waals surface area contributed by atoms with E-state index < -0.39 is 10.2 Å². The van der Waals surface area contributed by atoms with Crippen LogP contribution in [0.2, 0.25) is 0 Å². The number of hydrogen-bond acceptors (Lipinski definition) is 2. The van der Waals surface area contributed by atoms with Crippen LogP contribution in [-0.2, 0) is 16.6 Å². The largest absolute Gasteiger partial charge is 0.301 e. The lowest BCUT2D eigenvalue weighted by Crippen LogP contribution is -2.44. The molecule has 1 heterocycles. The van der Waals surface area contributed by atoms with Gasteiger partial charge in [0.2, 0.25) is 0 Å². The summed E-state index contributed by atoms with van der Waals surface area (Å²) < 4.78 is 29.6. The van der Waals surface area contributed by atoms with Gasteiger partial charge in [-0.2, -0.15) is 13.1 Å². The van der Waals surface area contributed by atoms with Crippen LogP contribution >= 0.6 is 0 Å². The minimum Gasteiger partial charge on any atom is -0.257 e. The molecule has 1 fully saturated rings. The second-order valence-corrected chi connectivity index (χ2v) is 7.39. The van der Waals surface area contributed by atoms with E-state index in [2.05, 4.69) is 4.72 Å². The molecule has 0 bridgehead atoms. The standard InChI is InChI=1S/C15H22N2O2S/c18-20(19,16-14-8-3-1-2-4-9-14)17-12-11-13-7-5-6-10-15(13)17/h5-7,10,14,16H,1-4,8-9,11-12H2. The maximum atomic E-state index is 12.6. The van der Waals surface area contributed by atoms with Crippen molar-refractivity contribution < 1.29 is 8.42 Å². The number of fused-ring (bicyclic) bond motifs is 1. The number of benzene rings is 1. The van der Waals surface area contributed by atoms with Crippen molar-refractivity contribution in [2.24, 2.45) is 0 Å². The van der Waals surface area contributed by atoms with E-state index in [0.717, 1.165) is 43.4 Å². The molecule has 2 aliphatic rings. The fourth-order valence-electron chi connectivity index (χ4n) is 3.23. The average Bonchev–Trinajstić information content (AvgIpc) is 2.72. The second-order valence-electron chi connectivity index (χ2n) is 5.76. The summed E-state index contributed by atoms with van der Waals surface area (Å²) in [6.07, 6.45) is 7.45. The lowest BCUT2D eigenvalue weighted by molar-refractivity contribution is 0.508. The molecule has 4 nitrogen and oxygen atoms in total. The highest BCUT2D eigenvalue weighted by Gasteiger charge is 2.30. The van der Waals surface area contributed by atoms with E-state index in [1.807, 2.05) is 24.3 Å². The summed E-state index contributed by atoms with van der Waals surface area (Å²) in [5.41, 5.74) is 1.97. The van der Waals surface area contributed by atoms with Gasteiger partial charge in [-0.05, 0) is 30.9 Å². The van der Waals surface area contributed by atoms with E-state index in [0.29, 0.717) is 6.54 Å². The van der Waals surface area contributed by atoms with Crippen LogP contribution in [-0.4, -0.2) is 21.0 Å². The smallest absolute Gasteiger partial charge is 0.257 e. The Morgan fingerprint density at radius 1 is 1.05 bits per heavy atom. The molecule has 0 radical (unpaired) electrons. The minimum atomic E-state index is -3.41. The quantitative estimate of drug-likeness (QED) is 0.871. The SMILES string of the molecule is O=S(=O)(NC1CCCCCC1)N1CCc2ccccc21. The second kappa shape index (κ2) is 5.74. The summed E-state index contributed by atoms with van der Waals surface area (Å²) in [5.74, 6) is 0. The van der Waals surface area contributed by atoms with Crippen molar-refractivity contribution in [2.45, 2.75) is 51.0 Å². The van der Waals surface area contributed by atoms with Crippen LogP contribution in [0, 0.1) is 0 Å². The molecule has 0 atom stereocenters. The lowest BCUT2D eigenvalue weighted by Gasteiger charge is -2.24. The van der Waals surface area contributed by atoms with E-state index in [1.54, 1.807) is 0 Å². The number of rotatable bonds is 3. The predicted molar refractivity (Wildman–Crippen MR) is 81.0 cm³/mol. The van der Waals surface area contributed by atoms with Gasteiger partial charge in [0.25, 0.3) is 0 Å². The molecule has 0 saturated heterocycles. The van der Waals surface area contributed by atoms with Gasteiger partial charge in [-0.3, -0.25) is 4.31 Å². The Morgan fingerprint density at radius 2 is 1.75 bits per heavy atom. The van der Waals surface area contributed by atoms with E-state index in [9.17, 15) is 8.42 Å². The van der Waals surface area contributed by atoms with E-state index >= 15 is 0 Å². The van der Waals surface area contributed by atoms with Crippen molar-refractivity contribution in [3.63, 3.8) is 0 Å². The first-order chi connectivity index (χ1) is 9.67. The van der Waals surface area contributed by atoms with E-state index in [-0.39, 0.29) is 6.04 Å². The van der Waals surface area contributed by atoms with Gasteiger partial charge >= 0.3 is 10.2 Å². The monoisotopic (exact) mass is 294 g/mol. The molecule has 20 heavy (non-hydrogen) atoms. The van der Waals surface area contributed by atoms with Gasteiger partial charge in [0, 0.05) is 12.6 Å². The van der Waals surface area contributed by atoms with Crippen molar-refractivity contribution in [3.05, 3.63) is 29.8 Å². The Labute approximate surface area is 121 Å². The molecule has 1 aliphatic heterocycles. The van der Waals surface area contributed by atoms with Crippen molar-refractivity contribution in [1.29, 1.82) is 0 Å². The molecule has 110 valence electrons. The predicted octanol–water partition coefficient (Wildman–Crippen LogP) is 2.61. The van der Waals surface area contributed by atoms with Crippen LogP contribution in [0.4, 0.5) is 5.69 Å². The fraction of sp³-hybridized carbons (Fsp3) is 0.600. The highest BCUT2D eigenvalue weighted by Crippen LogP contribution is 2.30. The number of anilines is 1. The van der Waals surface area contributed by atoms with Crippen molar-refractivity contribution >= 4 is 15.9 Å². The van der Waals surface area contributed by atoms with Crippen LogP contribution in [0.15, 0.2) is 24.3 Å². The van der Waals surface area contributed by atoms with Gasteiger partial charge < -0.3 is 0 Å². The number of nitrogens with one attached hydrogen (secondary N) is 1. The van der Waals surface area contributed by atoms with E-state index in [4.69, 9.17) is 0 Å². The summed E-state index contributed by atoms with van der Waals surface area (Å²) in [6.45, 7) is 0.557. The molecular formula is C15H22N2O2S. The Morgan fingerprint density at radius 3 is 2.50 bits per heavy atom. The van der Waals surface area contributed by atoms with Crippen molar-refractivity contribution in [1.82, 2.24) is 4.72 Å². The van der Waals surface area contributed by atoms with Crippen molar-refractivity contribution in [2.75, 3.05) is 10.8 Å². The molecule has 0 aromatic heterocycles. The number of para-hydroxylation sites is 1. The van der Waals surface area contributed by atoms with Gasteiger partial charge in [0.1, 0.15) is 0 Å². The molecule has 1 aromatic rings. The molecule has 0 amide bonds. The highest BCUT2D eigenvalue weighted by atomic mass is 32.2. The minimum absolute atomic E-state index is 0.107. The Kier molecular flexibility index (Phi) is 3.98. The molecular weight excluding hydrogens is 272 g/mol. The summed E-state index contributed by atoms with van der Waals surface area (Å²) in [7, 11) is -3.41. The van der Waals surface area contributed by atoms with Crippen LogP contribution in [0.25, 0.3) is 0 Å². The Balaban J connectivity index is 1.76. The van der Waals surface area contributed by atoms with Crippen LogP contribution in [0.5, 0.6) is 0 Å². The number of hydrogen-bond donors (Lipinski definition) is 1. The summed E-state index contributed by atoms with van der Waals surface area (Å²) in [4.78, 5) is 0. The Hall–Kier alpha value is -1.07. The molecule has 0 unspecified atom stereocenters. The maximum absolute atomic E-state index is 12.6. The number of nitrogens with zero attached hydrogens (tertiary/aromatic N) is 1. The van der Waals surface area contributed by atoms with Crippen molar-refractivity contribution in [3.8, 4) is 0 Å². The van der Waals surface area contributed by atoms with Crippen LogP contribution in [0.3, 0.4) is 0 Å². The molecule has 1 aliphatic carbocycles. The first-order valence-electron chi connectivity index (χ1n) is 7.55. The van der Waals surface area contributed by atoms with Gasteiger partial charge in [0.05, 0.1) is 5.69 Å². The zero-order valence-corrected chi connectivity index (χ0v) is 12.5. The third-order valence-electron chi connectivity index (χ3n) is 4.31. The molecule has 1 N–H and O–H groups in total. The zero-order valence-electron chi connectivity index (χ0n) is 11.7. The summed E-state index contributed by atoms with van der Waals surface area (Å²) in [5, 5.41) is 0. The molecule has 1 aromatic carbocycles. The normalized spacial score (nSPS) is 20.7. The van der Waals surface area contributed by atoms with Crippen LogP contribution < -0.4 is 9.03 Å². The Bertz CT molecular complexity index is 563. The molecule has 0 spiro atoms. The maximum Gasteiger partial charge on any atom is 0.301 e. The third kappa shape index (κ3) is 2.83. The average molecular weight is 294 g/mol. The molecule has 3 rings (SSSR count). The fourth-order valence-corrected chi connectivity index (χ4v) is 4.78. The van der Waals surface area contributed by atoms with Gasteiger partial charge in [-0.15, -0.1) is 0 Å².